The van der Waals surface area contributed by atoms with E-state index in [4.69, 9.17) is 4.74 Å². The molecule has 0 heterocycles. The zero-order chi connectivity index (χ0) is 19.9. The third-order valence-corrected chi connectivity index (χ3v) is 4.54. The quantitative estimate of drug-likeness (QED) is 0.781. The third kappa shape index (κ3) is 3.35. The molecule has 2 aromatic carbocycles. The summed E-state index contributed by atoms with van der Waals surface area (Å²) in [7, 11) is 0. The van der Waals surface area contributed by atoms with E-state index >= 15 is 0 Å². The Labute approximate surface area is 151 Å². The minimum atomic E-state index is -5.20. The monoisotopic (exact) mass is 386 g/mol. The van der Waals surface area contributed by atoms with E-state index in [-0.39, 0.29) is 17.7 Å². The van der Waals surface area contributed by atoms with Gasteiger partial charge in [-0.1, -0.05) is 24.3 Å². The first-order chi connectivity index (χ1) is 12.7. The summed E-state index contributed by atoms with van der Waals surface area (Å²) < 4.78 is 71.8. The fraction of sp³-hybridized carbons (Fsp3) is 0.316. The zero-order valence-electron chi connectivity index (χ0n) is 14.1. The molecule has 1 aliphatic carbocycles. The molecule has 0 aliphatic heterocycles. The molecule has 0 saturated heterocycles. The van der Waals surface area contributed by atoms with Gasteiger partial charge in [-0.25, -0.2) is 8.78 Å². The minimum Gasteiger partial charge on any atom is -0.388 e. The van der Waals surface area contributed by atoms with Gasteiger partial charge < -0.3 is 9.84 Å². The largest absolute Gasteiger partial charge is 0.422 e. The van der Waals surface area contributed by atoms with Gasteiger partial charge in [-0.2, -0.15) is 13.2 Å². The predicted molar refractivity (Wildman–Crippen MR) is 84.9 cm³/mol. The topological polar surface area (TPSA) is 46.5 Å². The van der Waals surface area contributed by atoms with Gasteiger partial charge in [0.25, 0.3) is 0 Å². The van der Waals surface area contributed by atoms with Crippen LogP contribution in [0.2, 0.25) is 0 Å². The number of aliphatic hydroxyl groups excluding tert-OH is 1. The van der Waals surface area contributed by atoms with Crippen LogP contribution >= 0.6 is 0 Å². The summed E-state index contributed by atoms with van der Waals surface area (Å²) in [6.45, 7) is 1.57. The molecule has 2 aromatic rings. The number of hydrogen-bond donors (Lipinski definition) is 1. The lowest BCUT2D eigenvalue weighted by Crippen LogP contribution is -2.25. The van der Waals surface area contributed by atoms with Crippen molar-refractivity contribution in [3.05, 3.63) is 70.3 Å². The number of aliphatic hydroxyl groups is 1. The normalized spacial score (nSPS) is 20.6. The second-order valence-corrected chi connectivity index (χ2v) is 6.16. The van der Waals surface area contributed by atoms with E-state index in [2.05, 4.69) is 0 Å². The number of Topliss-reactive ketones (excluding diaryl/α,β-unsaturated/α-hetero) is 1. The summed E-state index contributed by atoms with van der Waals surface area (Å²) in [4.78, 5) is 12.7. The van der Waals surface area contributed by atoms with Gasteiger partial charge in [-0.05, 0) is 30.2 Å². The summed E-state index contributed by atoms with van der Waals surface area (Å²) in [6, 6.07) is 7.24. The standard InChI is InChI=1S/C19H15F5O3/c1-2-27-18(9-7-12(20)15(13(21)8-9)19(22,23)24)14-16(25)10-5-3-4-6-11(10)17(14)26/h3-8,14,16,18,25H,2H2,1H3. The Morgan fingerprint density at radius 2 is 1.74 bits per heavy atom. The first kappa shape index (κ1) is 19.4. The molecule has 3 nitrogen and oxygen atoms in total. The highest BCUT2D eigenvalue weighted by Gasteiger charge is 2.45. The molecule has 0 aromatic heterocycles. The van der Waals surface area contributed by atoms with Crippen LogP contribution in [0.4, 0.5) is 22.0 Å². The number of carbonyl (C=O) groups excluding carboxylic acids is 1. The molecule has 27 heavy (non-hydrogen) atoms. The SMILES string of the molecule is CCOC(c1cc(F)c(C(F)(F)F)c(F)c1)C1C(=O)c2ccccc2C1O. The van der Waals surface area contributed by atoms with Gasteiger partial charge in [0.05, 0.1) is 18.1 Å². The van der Waals surface area contributed by atoms with Crippen LogP contribution in [0.25, 0.3) is 0 Å². The number of fused-ring (bicyclic) bond motifs is 1. The van der Waals surface area contributed by atoms with E-state index in [1.165, 1.54) is 12.1 Å². The van der Waals surface area contributed by atoms with Crippen LogP contribution in [0, 0.1) is 17.6 Å². The smallest absolute Gasteiger partial charge is 0.388 e. The number of halogens is 5. The summed E-state index contributed by atoms with van der Waals surface area (Å²) in [5, 5.41) is 10.5. The Bertz CT molecular complexity index is 855. The molecule has 3 atom stereocenters. The first-order valence-corrected chi connectivity index (χ1v) is 8.15. The maximum absolute atomic E-state index is 14.0. The highest BCUT2D eigenvalue weighted by Crippen LogP contribution is 2.45. The summed E-state index contributed by atoms with van der Waals surface area (Å²) in [5.41, 5.74) is -1.72. The van der Waals surface area contributed by atoms with E-state index in [0.29, 0.717) is 17.7 Å². The number of benzene rings is 2. The highest BCUT2D eigenvalue weighted by molar-refractivity contribution is 6.03. The summed E-state index contributed by atoms with van der Waals surface area (Å²) in [6.07, 6.45) is -7.82. The van der Waals surface area contributed by atoms with E-state index in [0.717, 1.165) is 0 Å². The van der Waals surface area contributed by atoms with Crippen LogP contribution in [0.5, 0.6) is 0 Å². The van der Waals surface area contributed by atoms with Crippen molar-refractivity contribution in [2.75, 3.05) is 6.61 Å². The second-order valence-electron chi connectivity index (χ2n) is 6.16. The van der Waals surface area contributed by atoms with Crippen LogP contribution in [0.1, 0.15) is 46.2 Å². The Morgan fingerprint density at radius 1 is 1.15 bits per heavy atom. The van der Waals surface area contributed by atoms with Gasteiger partial charge in [-0.3, -0.25) is 4.79 Å². The van der Waals surface area contributed by atoms with Crippen molar-refractivity contribution in [3.8, 4) is 0 Å². The molecule has 1 aliphatic rings. The lowest BCUT2D eigenvalue weighted by atomic mass is 9.89. The van der Waals surface area contributed by atoms with Crippen LogP contribution in [0.15, 0.2) is 36.4 Å². The Morgan fingerprint density at radius 3 is 2.26 bits per heavy atom. The summed E-state index contributed by atoms with van der Waals surface area (Å²) in [5.74, 6) is -5.34. The molecule has 3 rings (SSSR count). The molecule has 0 fully saturated rings. The Hall–Kier alpha value is -2.32. The van der Waals surface area contributed by atoms with Gasteiger partial charge in [0.15, 0.2) is 5.78 Å². The predicted octanol–water partition coefficient (Wildman–Crippen LogP) is 4.61. The Kier molecular flexibility index (Phi) is 5.05. The van der Waals surface area contributed by atoms with E-state index < -0.39 is 47.3 Å². The average molecular weight is 386 g/mol. The van der Waals surface area contributed by atoms with Crippen molar-refractivity contribution in [3.63, 3.8) is 0 Å². The maximum Gasteiger partial charge on any atom is 0.422 e. The van der Waals surface area contributed by atoms with Crippen molar-refractivity contribution in [2.24, 2.45) is 5.92 Å². The first-order valence-electron chi connectivity index (χ1n) is 8.15. The number of carbonyl (C=O) groups is 1. The van der Waals surface area contributed by atoms with Gasteiger partial charge in [0.1, 0.15) is 17.2 Å². The van der Waals surface area contributed by atoms with Gasteiger partial charge in [-0.15, -0.1) is 0 Å². The molecule has 3 unspecified atom stereocenters. The maximum atomic E-state index is 14.0. The molecule has 0 saturated carbocycles. The zero-order valence-corrected chi connectivity index (χ0v) is 14.1. The highest BCUT2D eigenvalue weighted by atomic mass is 19.4. The van der Waals surface area contributed by atoms with Gasteiger partial charge in [0.2, 0.25) is 0 Å². The number of ketones is 1. The van der Waals surface area contributed by atoms with Crippen LogP contribution < -0.4 is 0 Å². The second kappa shape index (κ2) is 7.01. The average Bonchev–Trinajstić information content (AvgIpc) is 2.82. The Balaban J connectivity index is 2.07. The molecule has 0 bridgehead atoms. The third-order valence-electron chi connectivity index (χ3n) is 4.54. The van der Waals surface area contributed by atoms with E-state index in [9.17, 15) is 31.9 Å². The van der Waals surface area contributed by atoms with Crippen molar-refractivity contribution in [2.45, 2.75) is 25.3 Å². The lowest BCUT2D eigenvalue weighted by molar-refractivity contribution is -0.142. The number of rotatable bonds is 4. The van der Waals surface area contributed by atoms with Gasteiger partial charge in [0, 0.05) is 12.2 Å². The molecule has 144 valence electrons. The fourth-order valence-electron chi connectivity index (χ4n) is 3.41. The van der Waals surface area contributed by atoms with Crippen LogP contribution in [0.3, 0.4) is 0 Å². The number of alkyl halides is 3. The lowest BCUT2D eigenvalue weighted by Gasteiger charge is -2.26. The van der Waals surface area contributed by atoms with Crippen molar-refractivity contribution >= 4 is 5.78 Å². The van der Waals surface area contributed by atoms with E-state index in [1.807, 2.05) is 0 Å². The van der Waals surface area contributed by atoms with Crippen LogP contribution in [-0.2, 0) is 10.9 Å². The van der Waals surface area contributed by atoms with Crippen LogP contribution in [-0.4, -0.2) is 17.5 Å². The van der Waals surface area contributed by atoms with Crippen molar-refractivity contribution < 1.29 is 36.6 Å². The molecule has 0 radical (unpaired) electrons. The molecular formula is C19H15F5O3. The molecule has 0 amide bonds. The minimum absolute atomic E-state index is 0.0156. The number of ether oxygens (including phenoxy) is 1. The van der Waals surface area contributed by atoms with Crippen molar-refractivity contribution in [1.82, 2.24) is 0 Å². The summed E-state index contributed by atoms with van der Waals surface area (Å²) >= 11 is 0. The van der Waals surface area contributed by atoms with Crippen molar-refractivity contribution in [1.29, 1.82) is 0 Å². The fourth-order valence-corrected chi connectivity index (χ4v) is 3.41. The molecule has 1 N–H and O–H groups in total. The number of hydrogen-bond acceptors (Lipinski definition) is 3. The van der Waals surface area contributed by atoms with E-state index in [1.54, 1.807) is 19.1 Å². The molecular weight excluding hydrogens is 371 g/mol. The van der Waals surface area contributed by atoms with Gasteiger partial charge >= 0.3 is 6.18 Å². The molecule has 8 heteroatoms. The molecule has 0 spiro atoms.